The zero-order valence-electron chi connectivity index (χ0n) is 14.1. The van der Waals surface area contributed by atoms with Crippen molar-refractivity contribution >= 4 is 11.7 Å². The number of anilines is 1. The maximum Gasteiger partial charge on any atom is 0.244 e. The second-order valence-electron chi connectivity index (χ2n) is 5.49. The van der Waals surface area contributed by atoms with Gasteiger partial charge in [0.2, 0.25) is 5.91 Å². The van der Waals surface area contributed by atoms with Crippen LogP contribution in [0.5, 0.6) is 0 Å². The molecule has 0 saturated heterocycles. The quantitative estimate of drug-likeness (QED) is 0.621. The van der Waals surface area contributed by atoms with Gasteiger partial charge in [0.1, 0.15) is 29.8 Å². The average Bonchev–Trinajstić information content (AvgIpc) is 3.29. The molecule has 0 unspecified atom stereocenters. The van der Waals surface area contributed by atoms with Crippen LogP contribution in [0, 0.1) is 6.92 Å². The van der Waals surface area contributed by atoms with E-state index >= 15 is 0 Å². The van der Waals surface area contributed by atoms with Crippen LogP contribution in [0.4, 0.5) is 5.82 Å². The summed E-state index contributed by atoms with van der Waals surface area (Å²) in [6, 6.07) is 3.29. The van der Waals surface area contributed by atoms with Crippen LogP contribution in [0.2, 0.25) is 0 Å². The molecule has 0 fully saturated rings. The largest absolute Gasteiger partial charge is 0.368 e. The van der Waals surface area contributed by atoms with Gasteiger partial charge in [0.15, 0.2) is 0 Å². The Hall–Kier alpha value is -3.23. The number of nitrogens with zero attached hydrogens (tertiary/aromatic N) is 6. The van der Waals surface area contributed by atoms with Gasteiger partial charge in [-0.1, -0.05) is 0 Å². The van der Waals surface area contributed by atoms with Gasteiger partial charge in [-0.2, -0.15) is 5.10 Å². The van der Waals surface area contributed by atoms with Crippen LogP contribution in [0.1, 0.15) is 18.8 Å². The number of rotatable bonds is 7. The van der Waals surface area contributed by atoms with E-state index in [-0.39, 0.29) is 11.9 Å². The molecule has 3 aromatic rings. The van der Waals surface area contributed by atoms with Crippen LogP contribution in [-0.2, 0) is 4.79 Å². The Bertz CT molecular complexity index is 826. The van der Waals surface area contributed by atoms with Crippen molar-refractivity contribution < 1.29 is 4.79 Å². The van der Waals surface area contributed by atoms with Gasteiger partial charge in [0.05, 0.1) is 0 Å². The molecule has 25 heavy (non-hydrogen) atoms. The monoisotopic (exact) mass is 340 g/mol. The summed E-state index contributed by atoms with van der Waals surface area (Å²) in [7, 11) is 0. The number of imidazole rings is 1. The summed E-state index contributed by atoms with van der Waals surface area (Å²) in [5, 5.41) is 10.1. The van der Waals surface area contributed by atoms with Gasteiger partial charge in [-0.05, 0) is 19.9 Å². The Morgan fingerprint density at radius 3 is 2.80 bits per heavy atom. The second-order valence-corrected chi connectivity index (χ2v) is 5.49. The summed E-state index contributed by atoms with van der Waals surface area (Å²) in [6.45, 7) is 4.75. The topological polar surface area (TPSA) is 103 Å². The standard InChI is InChI=1S/C16H20N8O/c1-12(24-8-3-4-22-24)16(25)19-6-5-18-14-10-15(21-11-20-14)23-9-7-17-13(23)2/h3-4,7-12H,5-6H2,1-2H3,(H,19,25)(H,18,20,21)/t12-/m0/s1. The Balaban J connectivity index is 1.49. The predicted molar refractivity (Wildman–Crippen MR) is 92.3 cm³/mol. The van der Waals surface area contributed by atoms with Crippen molar-refractivity contribution in [1.29, 1.82) is 0 Å². The number of aryl methyl sites for hydroxylation is 1. The van der Waals surface area contributed by atoms with Gasteiger partial charge >= 0.3 is 0 Å². The maximum atomic E-state index is 12.1. The minimum atomic E-state index is -0.343. The first kappa shape index (κ1) is 16.6. The minimum absolute atomic E-state index is 0.0806. The van der Waals surface area contributed by atoms with E-state index in [0.29, 0.717) is 18.9 Å². The molecule has 0 aliphatic rings. The van der Waals surface area contributed by atoms with Crippen molar-refractivity contribution in [3.63, 3.8) is 0 Å². The molecule has 2 N–H and O–H groups in total. The number of carbonyl (C=O) groups excluding carboxylic acids is 1. The fourth-order valence-electron chi connectivity index (χ4n) is 2.35. The first-order chi connectivity index (χ1) is 12.1. The van der Waals surface area contributed by atoms with Gasteiger partial charge in [-0.15, -0.1) is 0 Å². The van der Waals surface area contributed by atoms with Crippen LogP contribution in [0.15, 0.2) is 43.2 Å². The number of hydrogen-bond acceptors (Lipinski definition) is 6. The molecule has 1 atom stereocenters. The lowest BCUT2D eigenvalue weighted by atomic mass is 10.3. The average molecular weight is 340 g/mol. The lowest BCUT2D eigenvalue weighted by Gasteiger charge is -2.13. The van der Waals surface area contributed by atoms with Crippen molar-refractivity contribution in [3.8, 4) is 5.82 Å². The van der Waals surface area contributed by atoms with Crippen LogP contribution in [0.25, 0.3) is 5.82 Å². The molecule has 0 bridgehead atoms. The zero-order valence-corrected chi connectivity index (χ0v) is 14.1. The van der Waals surface area contributed by atoms with E-state index < -0.39 is 0 Å². The van der Waals surface area contributed by atoms with E-state index in [9.17, 15) is 4.79 Å². The van der Waals surface area contributed by atoms with E-state index in [4.69, 9.17) is 0 Å². The molecule has 0 aliphatic heterocycles. The van der Waals surface area contributed by atoms with E-state index in [2.05, 4.69) is 30.7 Å². The highest BCUT2D eigenvalue weighted by Crippen LogP contribution is 2.10. The smallest absolute Gasteiger partial charge is 0.244 e. The number of carbonyl (C=O) groups is 1. The van der Waals surface area contributed by atoms with E-state index in [1.165, 1.54) is 6.33 Å². The minimum Gasteiger partial charge on any atom is -0.368 e. The van der Waals surface area contributed by atoms with Crippen molar-refractivity contribution in [2.45, 2.75) is 19.9 Å². The molecule has 0 aliphatic carbocycles. The third-order valence-electron chi connectivity index (χ3n) is 3.76. The van der Waals surface area contributed by atoms with Crippen molar-refractivity contribution in [2.75, 3.05) is 18.4 Å². The second kappa shape index (κ2) is 7.56. The lowest BCUT2D eigenvalue weighted by Crippen LogP contribution is -2.34. The van der Waals surface area contributed by atoms with Gasteiger partial charge < -0.3 is 10.6 Å². The summed E-state index contributed by atoms with van der Waals surface area (Å²) in [5.41, 5.74) is 0. The maximum absolute atomic E-state index is 12.1. The first-order valence-corrected chi connectivity index (χ1v) is 7.98. The molecule has 0 spiro atoms. The molecule has 0 radical (unpaired) electrons. The van der Waals surface area contributed by atoms with E-state index in [0.717, 1.165) is 11.6 Å². The predicted octanol–water partition coefficient (Wildman–Crippen LogP) is 0.957. The molecule has 9 nitrogen and oxygen atoms in total. The molecular formula is C16H20N8O. The molecular weight excluding hydrogens is 320 g/mol. The van der Waals surface area contributed by atoms with Crippen LogP contribution in [0.3, 0.4) is 0 Å². The van der Waals surface area contributed by atoms with Gasteiger partial charge in [0.25, 0.3) is 0 Å². The number of aromatic nitrogens is 6. The summed E-state index contributed by atoms with van der Waals surface area (Å²) >= 11 is 0. The van der Waals surface area contributed by atoms with Crippen LogP contribution < -0.4 is 10.6 Å². The van der Waals surface area contributed by atoms with E-state index in [1.807, 2.05) is 23.8 Å². The van der Waals surface area contributed by atoms with Crippen molar-refractivity contribution in [1.82, 2.24) is 34.6 Å². The molecule has 3 rings (SSSR count). The Morgan fingerprint density at radius 2 is 2.08 bits per heavy atom. The van der Waals surface area contributed by atoms with Gasteiger partial charge in [0, 0.05) is 43.9 Å². The van der Waals surface area contributed by atoms with Crippen LogP contribution in [-0.4, -0.2) is 48.3 Å². The molecule has 1 amide bonds. The lowest BCUT2D eigenvalue weighted by molar-refractivity contribution is -0.124. The number of hydrogen-bond donors (Lipinski definition) is 2. The highest BCUT2D eigenvalue weighted by atomic mass is 16.2. The first-order valence-electron chi connectivity index (χ1n) is 7.98. The molecule has 130 valence electrons. The third-order valence-corrected chi connectivity index (χ3v) is 3.76. The number of nitrogens with one attached hydrogen (secondary N) is 2. The van der Waals surface area contributed by atoms with Crippen LogP contribution >= 0.6 is 0 Å². The van der Waals surface area contributed by atoms with E-state index in [1.54, 1.807) is 36.3 Å². The Morgan fingerprint density at radius 1 is 1.20 bits per heavy atom. The molecule has 3 heterocycles. The molecule has 9 heteroatoms. The Labute approximate surface area is 145 Å². The summed E-state index contributed by atoms with van der Waals surface area (Å²) in [6.07, 6.45) is 8.48. The summed E-state index contributed by atoms with van der Waals surface area (Å²) < 4.78 is 3.49. The zero-order chi connectivity index (χ0) is 17.6. The Kier molecular flexibility index (Phi) is 5.03. The highest BCUT2D eigenvalue weighted by Gasteiger charge is 2.13. The highest BCUT2D eigenvalue weighted by molar-refractivity contribution is 5.79. The summed E-state index contributed by atoms with van der Waals surface area (Å²) in [4.78, 5) is 24.7. The van der Waals surface area contributed by atoms with Gasteiger partial charge in [-0.3, -0.25) is 14.0 Å². The van der Waals surface area contributed by atoms with Crippen molar-refractivity contribution in [3.05, 3.63) is 49.1 Å². The molecule has 0 saturated carbocycles. The van der Waals surface area contributed by atoms with Gasteiger partial charge in [-0.25, -0.2) is 15.0 Å². The molecule has 0 aromatic carbocycles. The fraction of sp³-hybridized carbons (Fsp3) is 0.312. The fourth-order valence-corrected chi connectivity index (χ4v) is 2.35. The number of amides is 1. The summed E-state index contributed by atoms with van der Waals surface area (Å²) in [5.74, 6) is 2.20. The van der Waals surface area contributed by atoms with Crippen molar-refractivity contribution in [2.24, 2.45) is 0 Å². The third kappa shape index (κ3) is 4.00. The SMILES string of the molecule is Cc1nccn1-c1cc(NCCNC(=O)[C@H](C)n2cccn2)ncn1. The normalized spacial score (nSPS) is 11.9. The molecule has 3 aromatic heterocycles.